The summed E-state index contributed by atoms with van der Waals surface area (Å²) in [4.78, 5) is 11.3. The minimum Gasteiger partial charge on any atom is -0.478 e. The van der Waals surface area contributed by atoms with E-state index in [1.54, 1.807) is 12.1 Å². The molecule has 1 saturated heterocycles. The molecule has 3 rings (SSSR count). The van der Waals surface area contributed by atoms with E-state index in [1.165, 1.54) is 18.2 Å². The van der Waals surface area contributed by atoms with E-state index in [0.717, 1.165) is 0 Å². The number of fused-ring (bicyclic) bond motifs is 1. The lowest BCUT2D eigenvalue weighted by atomic mass is 9.77. The molecule has 0 unspecified atom stereocenters. The molecule has 0 atom stereocenters. The molecule has 2 aromatic carbocycles. The fraction of sp³-hybridized carbons (Fsp3) is 0.353. The van der Waals surface area contributed by atoms with Gasteiger partial charge in [0.2, 0.25) is 0 Å². The molecule has 1 aliphatic heterocycles. The highest BCUT2D eigenvalue weighted by Crippen LogP contribution is 2.37. The molecule has 0 bridgehead atoms. The molecular weight excluding hydrogens is 298 g/mol. The van der Waals surface area contributed by atoms with Crippen molar-refractivity contribution >= 4 is 29.3 Å². The first-order valence-corrected chi connectivity index (χ1v) is 7.44. The molecule has 0 aliphatic carbocycles. The van der Waals surface area contributed by atoms with Gasteiger partial charge in [0.1, 0.15) is 5.82 Å². The predicted molar refractivity (Wildman–Crippen MR) is 86.6 cm³/mol. The van der Waals surface area contributed by atoms with Crippen LogP contribution >= 0.6 is 0 Å². The molecule has 0 radical (unpaired) electrons. The van der Waals surface area contributed by atoms with Crippen molar-refractivity contribution in [3.8, 4) is 0 Å². The highest BCUT2D eigenvalue weighted by Gasteiger charge is 2.52. The normalized spacial score (nSPS) is 19.3. The van der Waals surface area contributed by atoms with E-state index >= 15 is 0 Å². The van der Waals surface area contributed by atoms with Crippen LogP contribution in [0.5, 0.6) is 0 Å². The zero-order valence-electron chi connectivity index (χ0n) is 13.5. The van der Waals surface area contributed by atoms with Crippen molar-refractivity contribution in [1.82, 2.24) is 0 Å². The van der Waals surface area contributed by atoms with Crippen LogP contribution in [0.1, 0.15) is 38.1 Å². The molecule has 1 fully saturated rings. The number of halogens is 1. The van der Waals surface area contributed by atoms with Gasteiger partial charge < -0.3 is 14.4 Å². The average molecular weight is 316 g/mol. The van der Waals surface area contributed by atoms with Crippen LogP contribution in [-0.2, 0) is 9.31 Å². The third-order valence-corrected chi connectivity index (χ3v) is 4.76. The predicted octanol–water partition coefficient (Wildman–Crippen LogP) is 2.98. The van der Waals surface area contributed by atoms with Crippen molar-refractivity contribution in [3.63, 3.8) is 0 Å². The van der Waals surface area contributed by atoms with Crippen molar-refractivity contribution < 1.29 is 23.6 Å². The second kappa shape index (κ2) is 5.04. The van der Waals surface area contributed by atoms with Crippen LogP contribution in [0.4, 0.5) is 4.39 Å². The number of aromatic carboxylic acids is 1. The summed E-state index contributed by atoms with van der Waals surface area (Å²) in [5, 5.41) is 9.83. The summed E-state index contributed by atoms with van der Waals surface area (Å²) in [5.74, 6) is -1.59. The average Bonchev–Trinajstić information content (AvgIpc) is 2.67. The molecule has 2 aromatic rings. The van der Waals surface area contributed by atoms with Gasteiger partial charge in [0.05, 0.1) is 16.8 Å². The van der Waals surface area contributed by atoms with Gasteiger partial charge in [-0.3, -0.25) is 0 Å². The first kappa shape index (κ1) is 16.0. The van der Waals surface area contributed by atoms with E-state index in [2.05, 4.69) is 0 Å². The summed E-state index contributed by atoms with van der Waals surface area (Å²) in [7, 11) is -0.821. The Balaban J connectivity index is 2.11. The third kappa shape index (κ3) is 2.42. The second-order valence-electron chi connectivity index (χ2n) is 6.76. The summed E-state index contributed by atoms with van der Waals surface area (Å²) in [6, 6.07) is 7.68. The highest BCUT2D eigenvalue weighted by atomic mass is 19.1. The van der Waals surface area contributed by atoms with E-state index in [-0.39, 0.29) is 16.4 Å². The number of carboxylic acids is 1. The number of carbonyl (C=O) groups is 1. The van der Waals surface area contributed by atoms with E-state index < -0.39 is 30.1 Å². The number of hydrogen-bond donors (Lipinski definition) is 1. The minimum absolute atomic E-state index is 0.0712. The molecule has 23 heavy (non-hydrogen) atoms. The fourth-order valence-corrected chi connectivity index (χ4v) is 2.68. The zero-order valence-corrected chi connectivity index (χ0v) is 13.5. The maximum absolute atomic E-state index is 14.9. The number of carboxylic acid groups (broad SMARTS) is 1. The fourth-order valence-electron chi connectivity index (χ4n) is 2.68. The molecule has 1 N–H and O–H groups in total. The largest absolute Gasteiger partial charge is 0.497 e. The molecule has 6 heteroatoms. The summed E-state index contributed by atoms with van der Waals surface area (Å²) in [5.41, 5.74) is -0.787. The molecule has 0 amide bonds. The Labute approximate surface area is 134 Å². The Bertz CT molecular complexity index is 785. The van der Waals surface area contributed by atoms with Gasteiger partial charge in [-0.1, -0.05) is 24.3 Å². The summed E-state index contributed by atoms with van der Waals surface area (Å²) >= 11 is 0. The Hall–Kier alpha value is -1.92. The second-order valence-corrected chi connectivity index (χ2v) is 6.76. The van der Waals surface area contributed by atoms with Crippen LogP contribution in [0.3, 0.4) is 0 Å². The van der Waals surface area contributed by atoms with Crippen molar-refractivity contribution in [1.29, 1.82) is 0 Å². The Morgan fingerprint density at radius 3 is 2.22 bits per heavy atom. The number of hydrogen-bond acceptors (Lipinski definition) is 3. The Morgan fingerprint density at radius 1 is 1.04 bits per heavy atom. The molecule has 120 valence electrons. The Kier molecular flexibility index (Phi) is 3.50. The quantitative estimate of drug-likeness (QED) is 0.866. The summed E-state index contributed by atoms with van der Waals surface area (Å²) < 4.78 is 26.7. The molecule has 1 aliphatic rings. The third-order valence-electron chi connectivity index (χ3n) is 4.76. The topological polar surface area (TPSA) is 55.8 Å². The number of benzene rings is 2. The molecule has 4 nitrogen and oxygen atoms in total. The van der Waals surface area contributed by atoms with Gasteiger partial charge in [-0.25, -0.2) is 9.18 Å². The van der Waals surface area contributed by atoms with Crippen molar-refractivity contribution in [2.45, 2.75) is 38.9 Å². The maximum atomic E-state index is 14.9. The van der Waals surface area contributed by atoms with Crippen LogP contribution in [0.2, 0.25) is 0 Å². The van der Waals surface area contributed by atoms with Gasteiger partial charge in [0.15, 0.2) is 0 Å². The van der Waals surface area contributed by atoms with E-state index in [4.69, 9.17) is 9.31 Å². The smallest absolute Gasteiger partial charge is 0.478 e. The lowest BCUT2D eigenvalue weighted by Crippen LogP contribution is -2.41. The SMILES string of the molecule is CC1(C)OB(c2ccc3c(C(=O)O)cccc3c2F)OC1(C)C. The van der Waals surface area contributed by atoms with Gasteiger partial charge in [-0.15, -0.1) is 0 Å². The van der Waals surface area contributed by atoms with E-state index in [1.807, 2.05) is 27.7 Å². The van der Waals surface area contributed by atoms with Crippen molar-refractivity contribution in [2.75, 3.05) is 0 Å². The van der Waals surface area contributed by atoms with Crippen molar-refractivity contribution in [2.24, 2.45) is 0 Å². The zero-order chi connectivity index (χ0) is 17.0. The van der Waals surface area contributed by atoms with Gasteiger partial charge in [-0.05, 0) is 39.1 Å². The lowest BCUT2D eigenvalue weighted by molar-refractivity contribution is 0.00578. The monoisotopic (exact) mass is 316 g/mol. The summed E-state index contributed by atoms with van der Waals surface area (Å²) in [6.45, 7) is 7.59. The van der Waals surface area contributed by atoms with Crippen LogP contribution in [0, 0.1) is 5.82 Å². The van der Waals surface area contributed by atoms with Gasteiger partial charge in [0.25, 0.3) is 0 Å². The minimum atomic E-state index is -1.08. The summed E-state index contributed by atoms with van der Waals surface area (Å²) in [6.07, 6.45) is 0. The molecule has 0 saturated carbocycles. The van der Waals surface area contributed by atoms with Gasteiger partial charge in [-0.2, -0.15) is 0 Å². The molecule has 0 spiro atoms. The molecule has 1 heterocycles. The van der Waals surface area contributed by atoms with Crippen LogP contribution in [0.25, 0.3) is 10.8 Å². The standard InChI is InChI=1S/C17H18BFO4/c1-16(2)17(3,4)23-18(22-16)13-9-8-10-11(14(13)19)6-5-7-12(10)15(20)21/h5-9H,1-4H3,(H,20,21). The van der Waals surface area contributed by atoms with Crippen LogP contribution in [-0.4, -0.2) is 29.4 Å². The Morgan fingerprint density at radius 2 is 1.65 bits per heavy atom. The van der Waals surface area contributed by atoms with Gasteiger partial charge >= 0.3 is 13.1 Å². The van der Waals surface area contributed by atoms with Crippen LogP contribution in [0.15, 0.2) is 30.3 Å². The maximum Gasteiger partial charge on any atom is 0.497 e. The molecule has 0 aromatic heterocycles. The van der Waals surface area contributed by atoms with E-state index in [0.29, 0.717) is 5.39 Å². The first-order chi connectivity index (χ1) is 10.6. The van der Waals surface area contributed by atoms with Gasteiger partial charge in [0, 0.05) is 10.8 Å². The van der Waals surface area contributed by atoms with Crippen LogP contribution < -0.4 is 5.46 Å². The number of rotatable bonds is 2. The molecular formula is C17H18BFO4. The van der Waals surface area contributed by atoms with E-state index in [9.17, 15) is 14.3 Å². The highest BCUT2D eigenvalue weighted by molar-refractivity contribution is 6.62. The lowest BCUT2D eigenvalue weighted by Gasteiger charge is -2.32. The first-order valence-electron chi connectivity index (χ1n) is 7.44. The van der Waals surface area contributed by atoms with Crippen molar-refractivity contribution in [3.05, 3.63) is 41.7 Å².